The van der Waals surface area contributed by atoms with E-state index >= 15 is 0 Å². The highest BCUT2D eigenvalue weighted by atomic mass is 16.5. The van der Waals surface area contributed by atoms with E-state index in [9.17, 15) is 4.79 Å². The first-order chi connectivity index (χ1) is 7.25. The summed E-state index contributed by atoms with van der Waals surface area (Å²) < 4.78 is 9.85. The third-order valence-electron chi connectivity index (χ3n) is 3.28. The van der Waals surface area contributed by atoms with Gasteiger partial charge in [0.15, 0.2) is 0 Å². The molecule has 3 rings (SSSR count). The van der Waals surface area contributed by atoms with Crippen LogP contribution in [0, 0.1) is 5.41 Å². The molecular weight excluding hydrogens is 196 g/mol. The van der Waals surface area contributed by atoms with Gasteiger partial charge in [-0.15, -0.1) is 0 Å². The highest BCUT2D eigenvalue weighted by molar-refractivity contribution is 5.84. The van der Waals surface area contributed by atoms with Gasteiger partial charge >= 0.3 is 5.97 Å². The summed E-state index contributed by atoms with van der Waals surface area (Å²) in [6.07, 6.45) is 3.65. The number of carbonyl (C=O) groups is 1. The topological polar surface area (TPSA) is 65.2 Å². The van der Waals surface area contributed by atoms with Crippen molar-refractivity contribution in [3.8, 4) is 0 Å². The third-order valence-corrected chi connectivity index (χ3v) is 3.28. The van der Waals surface area contributed by atoms with E-state index in [0.717, 1.165) is 6.42 Å². The van der Waals surface area contributed by atoms with Crippen LogP contribution in [-0.2, 0) is 4.74 Å². The maximum absolute atomic E-state index is 11.3. The van der Waals surface area contributed by atoms with E-state index in [4.69, 9.17) is 9.26 Å². The summed E-state index contributed by atoms with van der Waals surface area (Å²) in [5, 5.41) is 3.63. The standard InChI is InChI=1S/C10H12N2O3/c1-2-14-9(13)7-11-8(15-12-7)6-5-10(6)3-4-10/h6H,2-5H2,1H3. The second-order valence-electron chi connectivity index (χ2n) is 4.30. The number of nitrogens with zero attached hydrogens (tertiary/aromatic N) is 2. The normalized spacial score (nSPS) is 25.3. The largest absolute Gasteiger partial charge is 0.460 e. The Morgan fingerprint density at radius 3 is 3.07 bits per heavy atom. The first kappa shape index (κ1) is 8.88. The van der Waals surface area contributed by atoms with Gasteiger partial charge in [0, 0.05) is 5.92 Å². The Labute approximate surface area is 86.8 Å². The molecule has 1 unspecified atom stereocenters. The smallest absolute Gasteiger partial charge is 0.379 e. The van der Waals surface area contributed by atoms with Crippen LogP contribution in [0.1, 0.15) is 48.6 Å². The van der Waals surface area contributed by atoms with E-state index in [-0.39, 0.29) is 5.82 Å². The van der Waals surface area contributed by atoms with Gasteiger partial charge in [0.1, 0.15) is 0 Å². The molecule has 0 radical (unpaired) electrons. The van der Waals surface area contributed by atoms with Gasteiger partial charge in [0.05, 0.1) is 6.61 Å². The molecule has 0 aliphatic heterocycles. The molecular formula is C10H12N2O3. The lowest BCUT2D eigenvalue weighted by atomic mass is 10.3. The van der Waals surface area contributed by atoms with Gasteiger partial charge in [-0.2, -0.15) is 4.98 Å². The number of hydrogen-bond acceptors (Lipinski definition) is 5. The second kappa shape index (κ2) is 2.81. The number of esters is 1. The molecule has 0 bridgehead atoms. The van der Waals surface area contributed by atoms with Crippen LogP contribution in [0.3, 0.4) is 0 Å². The Hall–Kier alpha value is -1.39. The van der Waals surface area contributed by atoms with Crippen molar-refractivity contribution in [2.24, 2.45) is 5.41 Å². The highest BCUT2D eigenvalue weighted by Gasteiger charge is 2.65. The summed E-state index contributed by atoms with van der Waals surface area (Å²) in [6, 6.07) is 0. The number of aromatic nitrogens is 2. The second-order valence-corrected chi connectivity index (χ2v) is 4.30. The summed E-state index contributed by atoms with van der Waals surface area (Å²) in [4.78, 5) is 15.3. The number of ether oxygens (including phenoxy) is 1. The summed E-state index contributed by atoms with van der Waals surface area (Å²) in [5.41, 5.74) is 0.471. The molecule has 1 heterocycles. The SMILES string of the molecule is CCOC(=O)c1noc(C2CC23CC3)n1. The van der Waals surface area contributed by atoms with Crippen molar-refractivity contribution in [2.75, 3.05) is 6.61 Å². The quantitative estimate of drug-likeness (QED) is 0.704. The fraction of sp³-hybridized carbons (Fsp3) is 0.700. The van der Waals surface area contributed by atoms with Crippen LogP contribution in [0.25, 0.3) is 0 Å². The van der Waals surface area contributed by atoms with E-state index < -0.39 is 5.97 Å². The van der Waals surface area contributed by atoms with Gasteiger partial charge in [0.2, 0.25) is 5.89 Å². The molecule has 0 saturated heterocycles. The molecule has 0 N–H and O–H groups in total. The van der Waals surface area contributed by atoms with Crippen LogP contribution >= 0.6 is 0 Å². The Kier molecular flexibility index (Phi) is 1.66. The molecule has 1 aromatic rings. The maximum Gasteiger partial charge on any atom is 0.379 e. The maximum atomic E-state index is 11.3. The van der Waals surface area contributed by atoms with Crippen LogP contribution in [0.15, 0.2) is 4.52 Å². The van der Waals surface area contributed by atoms with Gasteiger partial charge in [0.25, 0.3) is 5.82 Å². The minimum absolute atomic E-state index is 0.0505. The molecule has 5 heteroatoms. The zero-order chi connectivity index (χ0) is 10.5. The Morgan fingerprint density at radius 2 is 2.47 bits per heavy atom. The molecule has 1 aromatic heterocycles. The minimum atomic E-state index is -0.502. The lowest BCUT2D eigenvalue weighted by molar-refractivity contribution is 0.0508. The Morgan fingerprint density at radius 1 is 1.67 bits per heavy atom. The summed E-state index contributed by atoms with van der Waals surface area (Å²) in [5.74, 6) is 0.552. The van der Waals surface area contributed by atoms with Gasteiger partial charge in [-0.25, -0.2) is 4.79 Å². The van der Waals surface area contributed by atoms with Crippen LogP contribution in [-0.4, -0.2) is 22.7 Å². The molecule has 2 saturated carbocycles. The number of rotatable bonds is 3. The Balaban J connectivity index is 1.73. The van der Waals surface area contributed by atoms with E-state index in [1.165, 1.54) is 12.8 Å². The molecule has 1 atom stereocenters. The fourth-order valence-corrected chi connectivity index (χ4v) is 2.07. The van der Waals surface area contributed by atoms with Gasteiger partial charge in [-0.3, -0.25) is 0 Å². The lowest BCUT2D eigenvalue weighted by Gasteiger charge is -1.93. The fourth-order valence-electron chi connectivity index (χ4n) is 2.07. The molecule has 1 spiro atoms. The number of carbonyl (C=O) groups excluding carboxylic acids is 1. The number of hydrogen-bond donors (Lipinski definition) is 0. The van der Waals surface area contributed by atoms with Gasteiger partial charge in [-0.05, 0) is 36.8 Å². The average molecular weight is 208 g/mol. The molecule has 0 aromatic carbocycles. The summed E-state index contributed by atoms with van der Waals surface area (Å²) >= 11 is 0. The molecule has 80 valence electrons. The highest BCUT2D eigenvalue weighted by Crippen LogP contribution is 2.74. The molecule has 0 amide bonds. The molecule has 2 aliphatic rings. The molecule has 2 aliphatic carbocycles. The van der Waals surface area contributed by atoms with Crippen LogP contribution in [0.4, 0.5) is 0 Å². The van der Waals surface area contributed by atoms with E-state index in [1.54, 1.807) is 6.92 Å². The molecule has 2 fully saturated rings. The first-order valence-electron chi connectivity index (χ1n) is 5.26. The van der Waals surface area contributed by atoms with Gasteiger partial charge in [-0.1, -0.05) is 0 Å². The first-order valence-corrected chi connectivity index (χ1v) is 5.26. The summed E-state index contributed by atoms with van der Waals surface area (Å²) in [7, 11) is 0. The van der Waals surface area contributed by atoms with Crippen LogP contribution < -0.4 is 0 Å². The zero-order valence-corrected chi connectivity index (χ0v) is 8.52. The van der Waals surface area contributed by atoms with Crippen molar-refractivity contribution in [1.82, 2.24) is 10.1 Å². The van der Waals surface area contributed by atoms with Crippen molar-refractivity contribution in [2.45, 2.75) is 32.1 Å². The van der Waals surface area contributed by atoms with Crippen molar-refractivity contribution in [1.29, 1.82) is 0 Å². The summed E-state index contributed by atoms with van der Waals surface area (Å²) in [6.45, 7) is 2.08. The zero-order valence-electron chi connectivity index (χ0n) is 8.52. The third kappa shape index (κ3) is 1.33. The van der Waals surface area contributed by atoms with E-state index in [1.807, 2.05) is 0 Å². The average Bonchev–Trinajstić information content (AvgIpc) is 3.10. The minimum Gasteiger partial charge on any atom is -0.460 e. The van der Waals surface area contributed by atoms with Crippen LogP contribution in [0.5, 0.6) is 0 Å². The van der Waals surface area contributed by atoms with Crippen molar-refractivity contribution in [3.63, 3.8) is 0 Å². The van der Waals surface area contributed by atoms with E-state index in [2.05, 4.69) is 10.1 Å². The van der Waals surface area contributed by atoms with Crippen molar-refractivity contribution in [3.05, 3.63) is 11.7 Å². The molecule has 15 heavy (non-hydrogen) atoms. The van der Waals surface area contributed by atoms with Crippen molar-refractivity contribution >= 4 is 5.97 Å². The monoisotopic (exact) mass is 208 g/mol. The van der Waals surface area contributed by atoms with Crippen molar-refractivity contribution < 1.29 is 14.1 Å². The van der Waals surface area contributed by atoms with Gasteiger partial charge < -0.3 is 9.26 Å². The lowest BCUT2D eigenvalue weighted by Crippen LogP contribution is -2.06. The molecule has 5 nitrogen and oxygen atoms in total. The predicted octanol–water partition coefficient (Wildman–Crippen LogP) is 1.51. The van der Waals surface area contributed by atoms with Crippen LogP contribution in [0.2, 0.25) is 0 Å². The Bertz CT molecular complexity index is 409. The van der Waals surface area contributed by atoms with E-state index in [0.29, 0.717) is 23.8 Å². The predicted molar refractivity (Wildman–Crippen MR) is 49.3 cm³/mol.